The monoisotopic (exact) mass is 203 g/mol. The number of allylic oxidation sites excluding steroid dienone is 1. The zero-order valence-electron chi connectivity index (χ0n) is 8.55. The smallest absolute Gasteiger partial charge is 0.153 e. The molecule has 1 aromatic rings. The third-order valence-corrected chi connectivity index (χ3v) is 1.91. The molecule has 0 saturated carbocycles. The second-order valence-electron chi connectivity index (χ2n) is 3.01. The number of aliphatic imine (C=N–C) groups is 1. The molecule has 0 aliphatic carbocycles. The molecule has 0 unspecified atom stereocenters. The summed E-state index contributed by atoms with van der Waals surface area (Å²) in [7, 11) is 0. The molecule has 0 fully saturated rings. The standard InChI is InChI=1S/C12H13NO2/c1-2-13-7-3-4-10-5-6-12(15)11(8-10)9-14/h2-3,5-9,15H,4H2,1H3/b7-3-,13-2-. The zero-order chi connectivity index (χ0) is 11.1. The fourth-order valence-electron chi connectivity index (χ4n) is 1.16. The Morgan fingerprint density at radius 2 is 2.27 bits per heavy atom. The number of benzene rings is 1. The first-order valence-electron chi connectivity index (χ1n) is 4.67. The molecule has 0 bridgehead atoms. The number of hydrogen-bond donors (Lipinski definition) is 1. The van der Waals surface area contributed by atoms with E-state index < -0.39 is 0 Å². The summed E-state index contributed by atoms with van der Waals surface area (Å²) in [5, 5.41) is 9.27. The van der Waals surface area contributed by atoms with Crippen LogP contribution in [0.4, 0.5) is 0 Å². The van der Waals surface area contributed by atoms with Crippen LogP contribution in [0.5, 0.6) is 5.75 Å². The highest BCUT2D eigenvalue weighted by Gasteiger charge is 1.99. The highest BCUT2D eigenvalue weighted by Crippen LogP contribution is 2.16. The lowest BCUT2D eigenvalue weighted by Gasteiger charge is -2.00. The first kappa shape index (κ1) is 11.2. The highest BCUT2D eigenvalue weighted by molar-refractivity contribution is 5.79. The minimum atomic E-state index is 0.0179. The maximum Gasteiger partial charge on any atom is 0.153 e. The number of aldehydes is 1. The largest absolute Gasteiger partial charge is 0.507 e. The molecule has 1 aromatic carbocycles. The van der Waals surface area contributed by atoms with E-state index in [4.69, 9.17) is 0 Å². The van der Waals surface area contributed by atoms with E-state index >= 15 is 0 Å². The Balaban J connectivity index is 2.74. The van der Waals surface area contributed by atoms with Crippen LogP contribution in [0.1, 0.15) is 22.8 Å². The van der Waals surface area contributed by atoms with E-state index in [1.807, 2.05) is 13.0 Å². The Bertz CT molecular complexity index is 395. The number of aromatic hydroxyl groups is 1. The van der Waals surface area contributed by atoms with Crippen LogP contribution in [0.2, 0.25) is 0 Å². The molecule has 1 rings (SSSR count). The molecule has 0 amide bonds. The summed E-state index contributed by atoms with van der Waals surface area (Å²) in [5.41, 5.74) is 1.29. The summed E-state index contributed by atoms with van der Waals surface area (Å²) < 4.78 is 0. The summed E-state index contributed by atoms with van der Waals surface area (Å²) in [5.74, 6) is 0.0179. The summed E-state index contributed by atoms with van der Waals surface area (Å²) in [6, 6.07) is 4.97. The van der Waals surface area contributed by atoms with Gasteiger partial charge in [-0.1, -0.05) is 12.1 Å². The molecule has 0 atom stereocenters. The van der Waals surface area contributed by atoms with Gasteiger partial charge < -0.3 is 5.11 Å². The quantitative estimate of drug-likeness (QED) is 0.603. The molecule has 15 heavy (non-hydrogen) atoms. The lowest BCUT2D eigenvalue weighted by Crippen LogP contribution is -1.86. The van der Waals surface area contributed by atoms with Gasteiger partial charge in [-0.25, -0.2) is 0 Å². The van der Waals surface area contributed by atoms with Crippen molar-refractivity contribution < 1.29 is 9.90 Å². The van der Waals surface area contributed by atoms with Gasteiger partial charge in [0.15, 0.2) is 6.29 Å². The van der Waals surface area contributed by atoms with Crippen LogP contribution in [0.25, 0.3) is 0 Å². The fourth-order valence-corrected chi connectivity index (χ4v) is 1.16. The average Bonchev–Trinajstić information content (AvgIpc) is 2.26. The summed E-state index contributed by atoms with van der Waals surface area (Å²) in [6.45, 7) is 1.84. The Labute approximate surface area is 88.8 Å². The van der Waals surface area contributed by atoms with Crippen LogP contribution in [-0.4, -0.2) is 17.6 Å². The molecule has 3 nitrogen and oxygen atoms in total. The Kier molecular flexibility index (Phi) is 4.29. The van der Waals surface area contributed by atoms with Gasteiger partial charge in [0.25, 0.3) is 0 Å². The van der Waals surface area contributed by atoms with E-state index in [9.17, 15) is 9.90 Å². The summed E-state index contributed by atoms with van der Waals surface area (Å²) >= 11 is 0. The maximum atomic E-state index is 10.6. The number of rotatable bonds is 4. The van der Waals surface area contributed by atoms with Gasteiger partial charge in [-0.3, -0.25) is 9.79 Å². The van der Waals surface area contributed by atoms with Gasteiger partial charge in [-0.05, 0) is 31.0 Å². The van der Waals surface area contributed by atoms with Crippen molar-refractivity contribution in [2.24, 2.45) is 4.99 Å². The van der Waals surface area contributed by atoms with Crippen LogP contribution < -0.4 is 0 Å². The van der Waals surface area contributed by atoms with E-state index in [0.717, 1.165) is 5.56 Å². The van der Waals surface area contributed by atoms with Gasteiger partial charge in [-0.2, -0.15) is 0 Å². The van der Waals surface area contributed by atoms with Crippen molar-refractivity contribution in [1.29, 1.82) is 0 Å². The van der Waals surface area contributed by atoms with E-state index in [0.29, 0.717) is 18.3 Å². The SMILES string of the molecule is C/C=N\C=C/Cc1ccc(O)c(C=O)c1. The minimum Gasteiger partial charge on any atom is -0.507 e. The molecule has 0 aliphatic rings. The lowest BCUT2D eigenvalue weighted by molar-refractivity contribution is 0.112. The van der Waals surface area contributed by atoms with E-state index in [1.54, 1.807) is 24.5 Å². The van der Waals surface area contributed by atoms with Crippen molar-refractivity contribution in [2.75, 3.05) is 0 Å². The molecule has 3 heteroatoms. The predicted molar refractivity (Wildman–Crippen MR) is 60.5 cm³/mol. The maximum absolute atomic E-state index is 10.6. The molecule has 0 spiro atoms. The van der Waals surface area contributed by atoms with Gasteiger partial charge in [-0.15, -0.1) is 0 Å². The molecule has 0 saturated heterocycles. The molecule has 0 heterocycles. The number of phenols is 1. The van der Waals surface area contributed by atoms with E-state index in [2.05, 4.69) is 4.99 Å². The first-order valence-corrected chi connectivity index (χ1v) is 4.67. The molecule has 1 N–H and O–H groups in total. The number of carbonyl (C=O) groups excluding carboxylic acids is 1. The van der Waals surface area contributed by atoms with Gasteiger partial charge in [0.2, 0.25) is 0 Å². The van der Waals surface area contributed by atoms with Crippen molar-refractivity contribution in [2.45, 2.75) is 13.3 Å². The molecule has 0 radical (unpaired) electrons. The van der Waals surface area contributed by atoms with Crippen molar-refractivity contribution in [3.63, 3.8) is 0 Å². The second-order valence-corrected chi connectivity index (χ2v) is 3.01. The van der Waals surface area contributed by atoms with Gasteiger partial charge in [0.05, 0.1) is 5.56 Å². The predicted octanol–water partition coefficient (Wildman–Crippen LogP) is 2.35. The Morgan fingerprint density at radius 1 is 1.47 bits per heavy atom. The average molecular weight is 203 g/mol. The van der Waals surface area contributed by atoms with Gasteiger partial charge >= 0.3 is 0 Å². The third kappa shape index (κ3) is 3.38. The number of phenolic OH excluding ortho intramolecular Hbond substituents is 1. The molecule has 0 aromatic heterocycles. The lowest BCUT2D eigenvalue weighted by atomic mass is 10.1. The normalized spacial score (nSPS) is 11.3. The molecular formula is C12H13NO2. The van der Waals surface area contributed by atoms with Gasteiger partial charge in [0, 0.05) is 12.4 Å². The molecule has 78 valence electrons. The Hall–Kier alpha value is -1.90. The van der Waals surface area contributed by atoms with Crippen LogP contribution in [0.3, 0.4) is 0 Å². The van der Waals surface area contributed by atoms with Gasteiger partial charge in [0.1, 0.15) is 5.75 Å². The fraction of sp³-hybridized carbons (Fsp3) is 0.167. The highest BCUT2D eigenvalue weighted by atomic mass is 16.3. The minimum absolute atomic E-state index is 0.0179. The van der Waals surface area contributed by atoms with Crippen molar-refractivity contribution in [1.82, 2.24) is 0 Å². The van der Waals surface area contributed by atoms with Crippen LogP contribution in [-0.2, 0) is 6.42 Å². The van der Waals surface area contributed by atoms with E-state index in [1.165, 1.54) is 6.07 Å². The first-order chi connectivity index (χ1) is 7.27. The number of nitrogens with zero attached hydrogens (tertiary/aromatic N) is 1. The number of hydrogen-bond acceptors (Lipinski definition) is 3. The van der Waals surface area contributed by atoms with E-state index in [-0.39, 0.29) is 5.75 Å². The summed E-state index contributed by atoms with van der Waals surface area (Å²) in [6.07, 6.45) is 6.63. The summed E-state index contributed by atoms with van der Waals surface area (Å²) in [4.78, 5) is 14.5. The molecular weight excluding hydrogens is 190 g/mol. The topological polar surface area (TPSA) is 49.7 Å². The zero-order valence-corrected chi connectivity index (χ0v) is 8.55. The van der Waals surface area contributed by atoms with Crippen molar-refractivity contribution in [3.8, 4) is 5.75 Å². The third-order valence-electron chi connectivity index (χ3n) is 1.91. The van der Waals surface area contributed by atoms with Crippen molar-refractivity contribution in [3.05, 3.63) is 41.6 Å². The second kappa shape index (κ2) is 5.75. The van der Waals surface area contributed by atoms with Crippen LogP contribution in [0.15, 0.2) is 35.5 Å². The number of carbonyl (C=O) groups is 1. The van der Waals surface area contributed by atoms with Crippen LogP contribution >= 0.6 is 0 Å². The van der Waals surface area contributed by atoms with Crippen LogP contribution in [0, 0.1) is 0 Å². The molecule has 0 aliphatic heterocycles. The Morgan fingerprint density at radius 3 is 2.93 bits per heavy atom. The van der Waals surface area contributed by atoms with Crippen molar-refractivity contribution >= 4 is 12.5 Å².